The molecule has 0 saturated heterocycles. The molecule has 0 amide bonds. The molecule has 0 bridgehead atoms. The van der Waals surface area contributed by atoms with Gasteiger partial charge in [-0.15, -0.1) is 5.10 Å². The molecule has 0 aliphatic rings. The van der Waals surface area contributed by atoms with Gasteiger partial charge in [0.25, 0.3) is 10.0 Å². The van der Waals surface area contributed by atoms with Crippen LogP contribution in [0.1, 0.15) is 5.56 Å². The van der Waals surface area contributed by atoms with Gasteiger partial charge in [-0.1, -0.05) is 29.8 Å². The number of aryl methyl sites for hydroxylation is 1. The van der Waals surface area contributed by atoms with Crippen molar-refractivity contribution in [2.24, 2.45) is 0 Å². The van der Waals surface area contributed by atoms with Crippen LogP contribution in [0.15, 0.2) is 53.6 Å². The number of nitrogens with zero attached hydrogens (tertiary/aromatic N) is 2. The average molecular weight is 366 g/mol. The topological polar surface area (TPSA) is 78.0 Å². The summed E-state index contributed by atoms with van der Waals surface area (Å²) >= 11 is 5.84. The van der Waals surface area contributed by atoms with Gasteiger partial charge in [0.1, 0.15) is 5.82 Å². The molecule has 0 aliphatic heterocycles. The number of benzene rings is 2. The van der Waals surface area contributed by atoms with Crippen LogP contribution in [0.2, 0.25) is 5.02 Å². The van der Waals surface area contributed by atoms with Crippen LogP contribution in [0.5, 0.6) is 0 Å². The van der Waals surface area contributed by atoms with Crippen LogP contribution in [0, 0.1) is 12.7 Å². The number of nitrogens with two attached hydrogens (primary N) is 1. The number of hydrogen-bond donors (Lipinski definition) is 1. The number of halogens is 2. The highest BCUT2D eigenvalue weighted by atomic mass is 35.5. The van der Waals surface area contributed by atoms with E-state index in [4.69, 9.17) is 17.3 Å². The van der Waals surface area contributed by atoms with Crippen LogP contribution in [0.25, 0.3) is 11.1 Å². The molecule has 124 valence electrons. The molecule has 1 aromatic heterocycles. The minimum absolute atomic E-state index is 0.0495. The maximum atomic E-state index is 13.7. The molecule has 8 heteroatoms. The van der Waals surface area contributed by atoms with Crippen LogP contribution in [0.3, 0.4) is 0 Å². The molecule has 0 spiro atoms. The van der Waals surface area contributed by atoms with E-state index in [0.717, 1.165) is 10.2 Å². The summed E-state index contributed by atoms with van der Waals surface area (Å²) in [5, 5.41) is 4.41. The lowest BCUT2D eigenvalue weighted by molar-refractivity contribution is 0.575. The number of hydrogen-bond acceptors (Lipinski definition) is 4. The zero-order chi connectivity index (χ0) is 17.5. The minimum Gasteiger partial charge on any atom is -0.382 e. The van der Waals surface area contributed by atoms with E-state index in [2.05, 4.69) is 5.10 Å². The van der Waals surface area contributed by atoms with E-state index in [-0.39, 0.29) is 10.7 Å². The summed E-state index contributed by atoms with van der Waals surface area (Å²) in [4.78, 5) is -0.198. The van der Waals surface area contributed by atoms with Crippen LogP contribution in [-0.2, 0) is 10.0 Å². The molecule has 3 rings (SSSR count). The van der Waals surface area contributed by atoms with Gasteiger partial charge in [-0.05, 0) is 42.3 Å². The Kier molecular flexibility index (Phi) is 4.06. The molecular formula is C16H13ClFN3O2S. The van der Waals surface area contributed by atoms with Crippen molar-refractivity contribution in [1.29, 1.82) is 0 Å². The fourth-order valence-corrected chi connectivity index (χ4v) is 3.46. The van der Waals surface area contributed by atoms with Crippen LogP contribution < -0.4 is 5.73 Å². The maximum absolute atomic E-state index is 13.7. The lowest BCUT2D eigenvalue weighted by Gasteiger charge is -2.05. The highest BCUT2D eigenvalue weighted by Crippen LogP contribution is 2.28. The molecule has 24 heavy (non-hydrogen) atoms. The fraction of sp³-hybridized carbons (Fsp3) is 0.0625. The Morgan fingerprint density at radius 3 is 2.46 bits per heavy atom. The van der Waals surface area contributed by atoms with Crippen molar-refractivity contribution < 1.29 is 12.8 Å². The molecule has 0 radical (unpaired) electrons. The molecule has 5 nitrogen and oxygen atoms in total. The number of rotatable bonds is 3. The largest absolute Gasteiger partial charge is 0.382 e. The van der Waals surface area contributed by atoms with Crippen molar-refractivity contribution in [3.63, 3.8) is 0 Å². The Balaban J connectivity index is 2.08. The zero-order valence-electron chi connectivity index (χ0n) is 12.6. The second-order valence-electron chi connectivity index (χ2n) is 5.22. The van der Waals surface area contributed by atoms with Crippen molar-refractivity contribution in [1.82, 2.24) is 9.19 Å². The first-order valence-corrected chi connectivity index (χ1v) is 8.73. The van der Waals surface area contributed by atoms with Crippen molar-refractivity contribution in [2.45, 2.75) is 11.8 Å². The third kappa shape index (κ3) is 2.88. The zero-order valence-corrected chi connectivity index (χ0v) is 14.1. The molecule has 0 fully saturated rings. The molecule has 0 aliphatic carbocycles. The molecular weight excluding hydrogens is 353 g/mol. The second kappa shape index (κ2) is 5.92. The first-order valence-electron chi connectivity index (χ1n) is 6.92. The van der Waals surface area contributed by atoms with E-state index < -0.39 is 15.8 Å². The predicted octanol–water partition coefficient (Wildman–Crippen LogP) is 3.47. The Hall–Kier alpha value is -2.38. The SMILES string of the molecule is Cc1ccc(S(=O)(=O)n2cc(-c3ccc(Cl)cc3)c(N)n2)cc1F. The Labute approximate surface area is 143 Å². The van der Waals surface area contributed by atoms with E-state index in [0.29, 0.717) is 21.7 Å². The summed E-state index contributed by atoms with van der Waals surface area (Å²) in [6.45, 7) is 1.55. The van der Waals surface area contributed by atoms with Gasteiger partial charge in [0.2, 0.25) is 0 Å². The first-order chi connectivity index (χ1) is 11.3. The molecule has 2 N–H and O–H groups in total. The summed E-state index contributed by atoms with van der Waals surface area (Å²) in [6, 6.07) is 10.4. The van der Waals surface area contributed by atoms with E-state index >= 15 is 0 Å². The molecule has 0 saturated carbocycles. The molecule has 3 aromatic rings. The minimum atomic E-state index is -4.04. The van der Waals surface area contributed by atoms with E-state index in [1.807, 2.05) is 0 Å². The quantitative estimate of drug-likeness (QED) is 0.770. The summed E-state index contributed by atoms with van der Waals surface area (Å²) < 4.78 is 39.6. The first kappa shape index (κ1) is 16.5. The van der Waals surface area contributed by atoms with Crippen LogP contribution >= 0.6 is 11.6 Å². The number of aromatic nitrogens is 2. The third-order valence-electron chi connectivity index (χ3n) is 3.56. The average Bonchev–Trinajstić information content (AvgIpc) is 2.93. The van der Waals surface area contributed by atoms with Gasteiger partial charge in [-0.3, -0.25) is 0 Å². The molecule has 0 unspecified atom stereocenters. The van der Waals surface area contributed by atoms with E-state index in [1.165, 1.54) is 18.3 Å². The third-order valence-corrected chi connectivity index (χ3v) is 5.35. The van der Waals surface area contributed by atoms with Crippen molar-refractivity contribution >= 4 is 27.4 Å². The van der Waals surface area contributed by atoms with Gasteiger partial charge >= 0.3 is 0 Å². The van der Waals surface area contributed by atoms with Gasteiger partial charge < -0.3 is 5.73 Å². The van der Waals surface area contributed by atoms with Gasteiger partial charge in [-0.25, -0.2) is 4.39 Å². The van der Waals surface area contributed by atoms with Gasteiger partial charge in [-0.2, -0.15) is 12.5 Å². The monoisotopic (exact) mass is 365 g/mol. The lowest BCUT2D eigenvalue weighted by atomic mass is 10.1. The predicted molar refractivity (Wildman–Crippen MR) is 90.8 cm³/mol. The van der Waals surface area contributed by atoms with Gasteiger partial charge in [0.05, 0.1) is 11.1 Å². The van der Waals surface area contributed by atoms with Crippen molar-refractivity contribution in [2.75, 3.05) is 5.73 Å². The highest BCUT2D eigenvalue weighted by molar-refractivity contribution is 7.89. The lowest BCUT2D eigenvalue weighted by Crippen LogP contribution is -2.14. The maximum Gasteiger partial charge on any atom is 0.283 e. The fourth-order valence-electron chi connectivity index (χ4n) is 2.18. The summed E-state index contributed by atoms with van der Waals surface area (Å²) in [6.07, 6.45) is 1.30. The Bertz CT molecular complexity index is 1010. The number of nitrogen functional groups attached to an aromatic ring is 1. The standard InChI is InChI=1S/C16H13ClFN3O2S/c1-10-2-7-13(8-15(10)18)24(22,23)21-9-14(16(19)20-21)11-3-5-12(17)6-4-11/h2-9H,1H3,(H2,19,20). The highest BCUT2D eigenvalue weighted by Gasteiger charge is 2.21. The molecule has 2 aromatic carbocycles. The molecule has 0 atom stereocenters. The number of anilines is 1. The van der Waals surface area contributed by atoms with E-state index in [9.17, 15) is 12.8 Å². The summed E-state index contributed by atoms with van der Waals surface area (Å²) in [5.41, 5.74) is 7.32. The molecule has 1 heterocycles. The smallest absolute Gasteiger partial charge is 0.283 e. The van der Waals surface area contributed by atoms with Crippen molar-refractivity contribution in [3.8, 4) is 11.1 Å². The van der Waals surface area contributed by atoms with Gasteiger partial charge in [0, 0.05) is 10.6 Å². The Morgan fingerprint density at radius 2 is 1.83 bits per heavy atom. The summed E-state index contributed by atoms with van der Waals surface area (Å²) in [5.74, 6) is -0.553. The second-order valence-corrected chi connectivity index (χ2v) is 7.46. The van der Waals surface area contributed by atoms with Gasteiger partial charge in [0.15, 0.2) is 5.82 Å². The van der Waals surface area contributed by atoms with Crippen LogP contribution in [-0.4, -0.2) is 17.6 Å². The van der Waals surface area contributed by atoms with Crippen molar-refractivity contribution in [3.05, 3.63) is 65.1 Å². The normalized spacial score (nSPS) is 11.6. The Morgan fingerprint density at radius 1 is 1.17 bits per heavy atom. The van der Waals surface area contributed by atoms with E-state index in [1.54, 1.807) is 31.2 Å². The summed E-state index contributed by atoms with van der Waals surface area (Å²) in [7, 11) is -4.04. The van der Waals surface area contributed by atoms with Crippen LogP contribution in [0.4, 0.5) is 10.2 Å².